The van der Waals surface area contributed by atoms with Gasteiger partial charge in [0, 0.05) is 24.1 Å². The number of ether oxygens (including phenoxy) is 1. The van der Waals surface area contributed by atoms with Crippen molar-refractivity contribution in [1.29, 1.82) is 0 Å². The predicted molar refractivity (Wildman–Crippen MR) is 122 cm³/mol. The molecule has 1 heterocycles. The minimum absolute atomic E-state index is 0.0536. The molecule has 0 spiro atoms. The summed E-state index contributed by atoms with van der Waals surface area (Å²) >= 11 is 0. The zero-order chi connectivity index (χ0) is 21.6. The zero-order valence-corrected chi connectivity index (χ0v) is 17.9. The van der Waals surface area contributed by atoms with Gasteiger partial charge in [-0.2, -0.15) is 0 Å². The Morgan fingerprint density at radius 2 is 1.81 bits per heavy atom. The van der Waals surface area contributed by atoms with Crippen LogP contribution in [0.25, 0.3) is 22.2 Å². The molecule has 4 rings (SSSR count). The van der Waals surface area contributed by atoms with Gasteiger partial charge in [-0.3, -0.25) is 4.79 Å². The number of carbonyl (C=O) groups excluding carboxylic acids is 1. The van der Waals surface area contributed by atoms with E-state index in [9.17, 15) is 4.79 Å². The van der Waals surface area contributed by atoms with Gasteiger partial charge >= 0.3 is 0 Å². The molecule has 4 aromatic rings. The number of nitrogens with zero attached hydrogens (tertiary/aromatic N) is 1. The Balaban J connectivity index is 1.56. The van der Waals surface area contributed by atoms with Gasteiger partial charge in [-0.15, -0.1) is 0 Å². The van der Waals surface area contributed by atoms with Crippen LogP contribution in [0.5, 0.6) is 5.75 Å². The molecule has 0 bridgehead atoms. The maximum absolute atomic E-state index is 12.3. The van der Waals surface area contributed by atoms with Crippen LogP contribution in [-0.2, 0) is 12.8 Å². The lowest BCUT2D eigenvalue weighted by Gasteiger charge is -2.12. The molecule has 158 valence electrons. The lowest BCUT2D eigenvalue weighted by Crippen LogP contribution is -2.24. The molecule has 0 aliphatic rings. The van der Waals surface area contributed by atoms with Crippen LogP contribution in [0.3, 0.4) is 0 Å². The van der Waals surface area contributed by atoms with Crippen LogP contribution in [0.1, 0.15) is 35.2 Å². The normalized spacial score (nSPS) is 10.9. The fourth-order valence-corrected chi connectivity index (χ4v) is 3.69. The highest BCUT2D eigenvalue weighted by Crippen LogP contribution is 2.33. The van der Waals surface area contributed by atoms with Gasteiger partial charge < -0.3 is 14.5 Å². The van der Waals surface area contributed by atoms with Crippen molar-refractivity contribution >= 4 is 17.0 Å². The van der Waals surface area contributed by atoms with Gasteiger partial charge in [0.1, 0.15) is 11.3 Å². The summed E-state index contributed by atoms with van der Waals surface area (Å²) in [7, 11) is 1.66. The Morgan fingerprint density at radius 3 is 2.52 bits per heavy atom. The third-order valence-corrected chi connectivity index (χ3v) is 5.33. The van der Waals surface area contributed by atoms with Crippen molar-refractivity contribution in [2.45, 2.75) is 26.2 Å². The van der Waals surface area contributed by atoms with Crippen molar-refractivity contribution in [3.8, 4) is 16.9 Å². The number of amides is 1. The molecule has 0 aliphatic carbocycles. The highest BCUT2D eigenvalue weighted by molar-refractivity contribution is 5.94. The van der Waals surface area contributed by atoms with Crippen molar-refractivity contribution in [2.75, 3.05) is 13.7 Å². The Bertz CT molecular complexity index is 1160. The number of methoxy groups -OCH3 is 1. The molecular weight excluding hydrogens is 388 g/mol. The number of aryl methyl sites for hydroxylation is 2. The minimum Gasteiger partial charge on any atom is -0.497 e. The quantitative estimate of drug-likeness (QED) is 0.391. The van der Waals surface area contributed by atoms with Crippen LogP contribution in [0.15, 0.2) is 71.1 Å². The number of aromatic nitrogens is 1. The average Bonchev–Trinajstić information content (AvgIpc) is 3.26. The molecule has 0 aliphatic heterocycles. The molecule has 1 aromatic heterocycles. The third-order valence-electron chi connectivity index (χ3n) is 5.33. The van der Waals surface area contributed by atoms with E-state index in [1.165, 1.54) is 0 Å². The van der Waals surface area contributed by atoms with E-state index >= 15 is 0 Å². The summed E-state index contributed by atoms with van der Waals surface area (Å²) in [6.07, 6.45) is 2.31. The Labute approximate surface area is 182 Å². The van der Waals surface area contributed by atoms with Gasteiger partial charge in [0.15, 0.2) is 11.5 Å². The first-order valence-electron chi connectivity index (χ1n) is 10.6. The van der Waals surface area contributed by atoms with Crippen molar-refractivity contribution in [2.24, 2.45) is 0 Å². The molecule has 1 amide bonds. The van der Waals surface area contributed by atoms with Gasteiger partial charge in [-0.1, -0.05) is 43.3 Å². The summed E-state index contributed by atoms with van der Waals surface area (Å²) in [5.74, 6) is 1.51. The molecule has 1 N–H and O–H groups in total. The van der Waals surface area contributed by atoms with Crippen molar-refractivity contribution in [3.05, 3.63) is 83.7 Å². The van der Waals surface area contributed by atoms with E-state index in [-0.39, 0.29) is 5.91 Å². The molecule has 0 saturated heterocycles. The van der Waals surface area contributed by atoms with E-state index in [1.807, 2.05) is 55.5 Å². The summed E-state index contributed by atoms with van der Waals surface area (Å²) in [5.41, 5.74) is 5.70. The topological polar surface area (TPSA) is 64.4 Å². The fraction of sp³-hybridized carbons (Fsp3) is 0.231. The number of fused-ring (bicyclic) bond motifs is 1. The first-order valence-corrected chi connectivity index (χ1v) is 10.6. The molecule has 0 unspecified atom stereocenters. The average molecular weight is 415 g/mol. The van der Waals surface area contributed by atoms with Crippen LogP contribution in [0.4, 0.5) is 0 Å². The molecule has 0 fully saturated rings. The summed E-state index contributed by atoms with van der Waals surface area (Å²) in [6.45, 7) is 2.62. The van der Waals surface area contributed by atoms with Gasteiger partial charge in [-0.25, -0.2) is 4.98 Å². The number of hydrogen-bond acceptors (Lipinski definition) is 4. The standard InChI is InChI=1S/C26H26N2O3/c1-3-24-28-23-16-15-21(18-11-13-20(30-2)14-12-18)22(25(23)31-24)10-7-17-27-26(29)19-8-5-4-6-9-19/h4-6,8-9,11-16H,3,7,10,17H2,1-2H3,(H,27,29). The largest absolute Gasteiger partial charge is 0.497 e. The van der Waals surface area contributed by atoms with Gasteiger partial charge in [0.25, 0.3) is 5.91 Å². The van der Waals surface area contributed by atoms with Crippen LogP contribution >= 0.6 is 0 Å². The SMILES string of the molecule is CCc1nc2ccc(-c3ccc(OC)cc3)c(CCCNC(=O)c3ccccc3)c2o1. The first kappa shape index (κ1) is 20.7. The smallest absolute Gasteiger partial charge is 0.251 e. The number of benzene rings is 3. The van der Waals surface area contributed by atoms with E-state index in [1.54, 1.807) is 7.11 Å². The van der Waals surface area contributed by atoms with Crippen LogP contribution in [-0.4, -0.2) is 24.5 Å². The molecule has 0 saturated carbocycles. The highest BCUT2D eigenvalue weighted by atomic mass is 16.5. The molecule has 0 atom stereocenters. The second kappa shape index (κ2) is 9.47. The second-order valence-corrected chi connectivity index (χ2v) is 7.36. The van der Waals surface area contributed by atoms with E-state index < -0.39 is 0 Å². The maximum atomic E-state index is 12.3. The summed E-state index contributed by atoms with van der Waals surface area (Å²) in [5, 5.41) is 3.01. The predicted octanol–water partition coefficient (Wildman–Crippen LogP) is 5.43. The molecule has 3 aromatic carbocycles. The van der Waals surface area contributed by atoms with Crippen LogP contribution < -0.4 is 10.1 Å². The van der Waals surface area contributed by atoms with E-state index in [0.717, 1.165) is 58.7 Å². The molecule has 31 heavy (non-hydrogen) atoms. The molecule has 5 nitrogen and oxygen atoms in total. The van der Waals surface area contributed by atoms with Gasteiger partial charge in [-0.05, 0) is 54.3 Å². The maximum Gasteiger partial charge on any atom is 0.251 e. The van der Waals surface area contributed by atoms with Crippen molar-refractivity contribution < 1.29 is 13.9 Å². The number of hydrogen-bond donors (Lipinski definition) is 1. The van der Waals surface area contributed by atoms with E-state index in [0.29, 0.717) is 12.1 Å². The van der Waals surface area contributed by atoms with E-state index in [2.05, 4.69) is 28.5 Å². The number of carbonyl (C=O) groups is 1. The summed E-state index contributed by atoms with van der Waals surface area (Å²) < 4.78 is 11.4. The lowest BCUT2D eigenvalue weighted by molar-refractivity contribution is 0.0953. The molecule has 5 heteroatoms. The lowest BCUT2D eigenvalue weighted by atomic mass is 9.95. The Hall–Kier alpha value is -3.60. The summed E-state index contributed by atoms with van der Waals surface area (Å²) in [4.78, 5) is 16.9. The fourth-order valence-electron chi connectivity index (χ4n) is 3.69. The van der Waals surface area contributed by atoms with Crippen molar-refractivity contribution in [3.63, 3.8) is 0 Å². The van der Waals surface area contributed by atoms with Crippen LogP contribution in [0, 0.1) is 0 Å². The van der Waals surface area contributed by atoms with Gasteiger partial charge in [0.2, 0.25) is 0 Å². The highest BCUT2D eigenvalue weighted by Gasteiger charge is 2.15. The van der Waals surface area contributed by atoms with Crippen molar-refractivity contribution in [1.82, 2.24) is 10.3 Å². The summed E-state index contributed by atoms with van der Waals surface area (Å²) in [6, 6.07) is 21.4. The number of rotatable bonds is 8. The number of oxazole rings is 1. The zero-order valence-electron chi connectivity index (χ0n) is 17.9. The number of nitrogens with one attached hydrogen (secondary N) is 1. The Morgan fingerprint density at radius 1 is 1.03 bits per heavy atom. The molecule has 0 radical (unpaired) electrons. The third kappa shape index (κ3) is 4.61. The monoisotopic (exact) mass is 414 g/mol. The first-order chi connectivity index (χ1) is 15.2. The van der Waals surface area contributed by atoms with Gasteiger partial charge in [0.05, 0.1) is 7.11 Å². The van der Waals surface area contributed by atoms with E-state index in [4.69, 9.17) is 9.15 Å². The molecular formula is C26H26N2O3. The van der Waals surface area contributed by atoms with Crippen LogP contribution in [0.2, 0.25) is 0 Å². The Kier molecular flexibility index (Phi) is 6.32. The second-order valence-electron chi connectivity index (χ2n) is 7.36. The minimum atomic E-state index is -0.0536.